The second-order valence-electron chi connectivity index (χ2n) is 4.03. The van der Waals surface area contributed by atoms with Gasteiger partial charge in [0.05, 0.1) is 5.52 Å². The van der Waals surface area contributed by atoms with Gasteiger partial charge in [-0.05, 0) is 37.6 Å². The summed E-state index contributed by atoms with van der Waals surface area (Å²) in [5, 5.41) is 1.03. The first-order valence-electron chi connectivity index (χ1n) is 5.61. The summed E-state index contributed by atoms with van der Waals surface area (Å²) in [4.78, 5) is 16.1. The molecule has 0 bridgehead atoms. The third-order valence-corrected chi connectivity index (χ3v) is 2.63. The average molecular weight is 213 g/mol. The van der Waals surface area contributed by atoms with Gasteiger partial charge in [0.25, 0.3) is 0 Å². The predicted octanol–water partition coefficient (Wildman–Crippen LogP) is 3.53. The third-order valence-electron chi connectivity index (χ3n) is 2.63. The zero-order valence-electron chi connectivity index (χ0n) is 9.66. The van der Waals surface area contributed by atoms with Crippen LogP contribution in [0.4, 0.5) is 0 Å². The molecule has 0 saturated carbocycles. The average Bonchev–Trinajstić information content (AvgIpc) is 2.28. The number of carbonyl (C=O) groups excluding carboxylic acids is 1. The molecule has 1 heterocycles. The lowest BCUT2D eigenvalue weighted by molar-refractivity contribution is 0.0982. The molecule has 0 aliphatic carbocycles. The van der Waals surface area contributed by atoms with Crippen LogP contribution in [0.5, 0.6) is 0 Å². The minimum absolute atomic E-state index is 0.213. The van der Waals surface area contributed by atoms with E-state index < -0.39 is 0 Å². The summed E-state index contributed by atoms with van der Waals surface area (Å²) in [5.41, 5.74) is 2.74. The first-order chi connectivity index (χ1) is 7.70. The molecule has 2 nitrogen and oxygen atoms in total. The second-order valence-corrected chi connectivity index (χ2v) is 4.03. The van der Waals surface area contributed by atoms with Gasteiger partial charge in [-0.3, -0.25) is 9.78 Å². The van der Waals surface area contributed by atoms with Crippen molar-refractivity contribution in [3.05, 3.63) is 41.6 Å². The van der Waals surface area contributed by atoms with Crippen molar-refractivity contribution in [1.29, 1.82) is 0 Å². The molecule has 0 amide bonds. The second kappa shape index (κ2) is 4.44. The lowest BCUT2D eigenvalue weighted by Gasteiger charge is -2.02. The Balaban J connectivity index is 2.44. The van der Waals surface area contributed by atoms with Crippen LogP contribution < -0.4 is 0 Å². The van der Waals surface area contributed by atoms with Gasteiger partial charge < -0.3 is 0 Å². The van der Waals surface area contributed by atoms with E-state index in [1.165, 1.54) is 0 Å². The zero-order chi connectivity index (χ0) is 11.5. The lowest BCUT2D eigenvalue weighted by atomic mass is 10.0. The standard InChI is InChI=1S/C14H15NO/c1-3-4-14(16)12-7-8-13-11(9-12)6-5-10(2)15-13/h5-9H,3-4H2,1-2H3. The van der Waals surface area contributed by atoms with Crippen LogP contribution in [0.3, 0.4) is 0 Å². The van der Waals surface area contributed by atoms with Crippen LogP contribution in [0.15, 0.2) is 30.3 Å². The van der Waals surface area contributed by atoms with E-state index in [0.717, 1.165) is 28.6 Å². The highest BCUT2D eigenvalue weighted by molar-refractivity contribution is 5.99. The van der Waals surface area contributed by atoms with Crippen LogP contribution in [-0.2, 0) is 0 Å². The van der Waals surface area contributed by atoms with Crippen LogP contribution in [0, 0.1) is 6.92 Å². The van der Waals surface area contributed by atoms with Gasteiger partial charge in [0.2, 0.25) is 0 Å². The number of aryl methyl sites for hydroxylation is 1. The molecule has 2 aromatic rings. The number of Topliss-reactive ketones (excluding diaryl/α,β-unsaturated/α-hetero) is 1. The number of carbonyl (C=O) groups is 1. The molecule has 16 heavy (non-hydrogen) atoms. The molecule has 0 fully saturated rings. The number of hydrogen-bond acceptors (Lipinski definition) is 2. The summed E-state index contributed by atoms with van der Waals surface area (Å²) in [6.07, 6.45) is 1.51. The highest BCUT2D eigenvalue weighted by Gasteiger charge is 2.05. The summed E-state index contributed by atoms with van der Waals surface area (Å²) >= 11 is 0. The molecule has 0 N–H and O–H groups in total. The first kappa shape index (κ1) is 10.8. The molecular weight excluding hydrogens is 198 g/mol. The molecule has 0 spiro atoms. The summed E-state index contributed by atoms with van der Waals surface area (Å²) < 4.78 is 0. The van der Waals surface area contributed by atoms with Crippen molar-refractivity contribution >= 4 is 16.7 Å². The van der Waals surface area contributed by atoms with Crippen molar-refractivity contribution in [3.8, 4) is 0 Å². The maximum Gasteiger partial charge on any atom is 0.162 e. The fraction of sp³-hybridized carbons (Fsp3) is 0.286. The largest absolute Gasteiger partial charge is 0.294 e. The lowest BCUT2D eigenvalue weighted by Crippen LogP contribution is -1.98. The normalized spacial score (nSPS) is 10.6. The number of ketones is 1. The van der Waals surface area contributed by atoms with Crippen molar-refractivity contribution in [1.82, 2.24) is 4.98 Å². The third kappa shape index (κ3) is 2.11. The number of aromatic nitrogens is 1. The van der Waals surface area contributed by atoms with Crippen molar-refractivity contribution in [2.75, 3.05) is 0 Å². The first-order valence-corrected chi connectivity index (χ1v) is 5.61. The number of rotatable bonds is 3. The Morgan fingerprint density at radius 3 is 2.81 bits per heavy atom. The monoisotopic (exact) mass is 213 g/mol. The van der Waals surface area contributed by atoms with Gasteiger partial charge in [0.1, 0.15) is 0 Å². The van der Waals surface area contributed by atoms with Gasteiger partial charge in [-0.15, -0.1) is 0 Å². The van der Waals surface area contributed by atoms with E-state index in [2.05, 4.69) is 4.98 Å². The molecule has 1 aromatic carbocycles. The molecule has 0 aliphatic rings. The van der Waals surface area contributed by atoms with E-state index in [4.69, 9.17) is 0 Å². The van der Waals surface area contributed by atoms with Crippen molar-refractivity contribution in [2.45, 2.75) is 26.7 Å². The molecule has 0 saturated heterocycles. The maximum atomic E-state index is 11.7. The highest BCUT2D eigenvalue weighted by atomic mass is 16.1. The molecule has 1 aromatic heterocycles. The Hall–Kier alpha value is -1.70. The Morgan fingerprint density at radius 2 is 2.06 bits per heavy atom. The Kier molecular flexibility index (Phi) is 3.00. The van der Waals surface area contributed by atoms with Crippen LogP contribution in [0.1, 0.15) is 35.8 Å². The fourth-order valence-electron chi connectivity index (χ4n) is 1.77. The number of nitrogens with zero attached hydrogens (tertiary/aromatic N) is 1. The smallest absolute Gasteiger partial charge is 0.162 e. The molecule has 2 heteroatoms. The number of fused-ring (bicyclic) bond motifs is 1. The Morgan fingerprint density at radius 1 is 1.25 bits per heavy atom. The van der Waals surface area contributed by atoms with Gasteiger partial charge in [-0.2, -0.15) is 0 Å². The molecule has 0 unspecified atom stereocenters. The minimum atomic E-state index is 0.213. The van der Waals surface area contributed by atoms with Crippen LogP contribution in [0.2, 0.25) is 0 Å². The maximum absolute atomic E-state index is 11.7. The number of benzene rings is 1. The van der Waals surface area contributed by atoms with Crippen molar-refractivity contribution in [3.63, 3.8) is 0 Å². The van der Waals surface area contributed by atoms with Gasteiger partial charge in [0.15, 0.2) is 5.78 Å². The molecule has 82 valence electrons. The summed E-state index contributed by atoms with van der Waals surface area (Å²) in [6, 6.07) is 9.70. The number of pyridine rings is 1. The van der Waals surface area contributed by atoms with E-state index in [0.29, 0.717) is 6.42 Å². The van der Waals surface area contributed by atoms with E-state index in [1.807, 2.05) is 44.2 Å². The fourth-order valence-corrected chi connectivity index (χ4v) is 1.77. The Bertz CT molecular complexity index is 531. The van der Waals surface area contributed by atoms with Crippen molar-refractivity contribution < 1.29 is 4.79 Å². The molecule has 2 rings (SSSR count). The molecule has 0 aliphatic heterocycles. The van der Waals surface area contributed by atoms with Crippen LogP contribution in [-0.4, -0.2) is 10.8 Å². The van der Waals surface area contributed by atoms with E-state index in [9.17, 15) is 4.79 Å². The van der Waals surface area contributed by atoms with Gasteiger partial charge in [-0.25, -0.2) is 0 Å². The summed E-state index contributed by atoms with van der Waals surface area (Å²) in [5.74, 6) is 0.213. The topological polar surface area (TPSA) is 30.0 Å². The van der Waals surface area contributed by atoms with E-state index >= 15 is 0 Å². The number of hydrogen-bond donors (Lipinski definition) is 0. The Labute approximate surface area is 95.3 Å². The van der Waals surface area contributed by atoms with E-state index in [-0.39, 0.29) is 5.78 Å². The zero-order valence-corrected chi connectivity index (χ0v) is 9.66. The minimum Gasteiger partial charge on any atom is -0.294 e. The van der Waals surface area contributed by atoms with Crippen LogP contribution in [0.25, 0.3) is 10.9 Å². The van der Waals surface area contributed by atoms with Gasteiger partial charge >= 0.3 is 0 Å². The highest BCUT2D eigenvalue weighted by Crippen LogP contribution is 2.16. The predicted molar refractivity (Wildman–Crippen MR) is 65.7 cm³/mol. The molecular formula is C14H15NO. The SMILES string of the molecule is CCCC(=O)c1ccc2nc(C)ccc2c1. The summed E-state index contributed by atoms with van der Waals surface area (Å²) in [7, 11) is 0. The quantitative estimate of drug-likeness (QED) is 0.730. The van der Waals surface area contributed by atoms with E-state index in [1.54, 1.807) is 0 Å². The van der Waals surface area contributed by atoms with Crippen molar-refractivity contribution in [2.24, 2.45) is 0 Å². The molecule has 0 radical (unpaired) electrons. The molecule has 0 atom stereocenters. The summed E-state index contributed by atoms with van der Waals surface area (Å²) in [6.45, 7) is 3.99. The van der Waals surface area contributed by atoms with Crippen LogP contribution >= 0.6 is 0 Å². The van der Waals surface area contributed by atoms with Gasteiger partial charge in [-0.1, -0.05) is 13.0 Å². The van der Waals surface area contributed by atoms with Gasteiger partial charge in [0, 0.05) is 23.1 Å².